The second kappa shape index (κ2) is 4.50. The molecule has 0 radical (unpaired) electrons. The van der Waals surface area contributed by atoms with E-state index in [-0.39, 0.29) is 11.4 Å². The molecule has 1 aromatic heterocycles. The number of nitrogen functional groups attached to an aromatic ring is 1. The van der Waals surface area contributed by atoms with E-state index in [1.807, 2.05) is 22.6 Å². The van der Waals surface area contributed by atoms with E-state index < -0.39 is 6.43 Å². The van der Waals surface area contributed by atoms with Crippen molar-refractivity contribution < 1.29 is 8.78 Å². The molecule has 2 nitrogen and oxygen atoms in total. The standard InChI is InChI=1S/C7H6BrF2IN2/c8-1-3-5(6(9)10)4(11)2-13-7(3)12/h2,6H,1H2,(H2,12,13). The summed E-state index contributed by atoms with van der Waals surface area (Å²) >= 11 is 4.93. The number of hydrogen-bond acceptors (Lipinski definition) is 2. The summed E-state index contributed by atoms with van der Waals surface area (Å²) in [4.78, 5) is 3.80. The molecule has 0 fully saturated rings. The van der Waals surface area contributed by atoms with Crippen LogP contribution in [-0.4, -0.2) is 4.98 Å². The lowest BCUT2D eigenvalue weighted by Crippen LogP contribution is -2.03. The van der Waals surface area contributed by atoms with Gasteiger partial charge in [-0.3, -0.25) is 0 Å². The maximum absolute atomic E-state index is 12.5. The Hall–Kier alpha value is 0.0200. The molecule has 1 heterocycles. The van der Waals surface area contributed by atoms with Crippen molar-refractivity contribution in [3.63, 3.8) is 0 Å². The number of aromatic nitrogens is 1. The molecule has 0 aromatic carbocycles. The number of halogens is 4. The van der Waals surface area contributed by atoms with E-state index in [4.69, 9.17) is 5.73 Å². The highest BCUT2D eigenvalue weighted by atomic mass is 127. The minimum Gasteiger partial charge on any atom is -0.383 e. The van der Waals surface area contributed by atoms with E-state index in [0.717, 1.165) is 0 Å². The van der Waals surface area contributed by atoms with E-state index >= 15 is 0 Å². The van der Waals surface area contributed by atoms with Gasteiger partial charge in [0, 0.05) is 26.2 Å². The number of nitrogens with zero attached hydrogens (tertiary/aromatic N) is 1. The van der Waals surface area contributed by atoms with Gasteiger partial charge in [-0.1, -0.05) is 15.9 Å². The summed E-state index contributed by atoms with van der Waals surface area (Å²) in [7, 11) is 0. The maximum Gasteiger partial charge on any atom is 0.265 e. The fraction of sp³-hybridized carbons (Fsp3) is 0.286. The van der Waals surface area contributed by atoms with Gasteiger partial charge in [-0.2, -0.15) is 0 Å². The first-order valence-corrected chi connectivity index (χ1v) is 5.54. The lowest BCUT2D eigenvalue weighted by atomic mass is 10.1. The van der Waals surface area contributed by atoms with Crippen LogP contribution in [0, 0.1) is 3.57 Å². The van der Waals surface area contributed by atoms with E-state index in [1.165, 1.54) is 6.20 Å². The van der Waals surface area contributed by atoms with Crippen molar-refractivity contribution in [1.29, 1.82) is 0 Å². The first kappa shape index (κ1) is 11.1. The zero-order valence-electron chi connectivity index (χ0n) is 6.40. The Morgan fingerprint density at radius 3 is 2.62 bits per heavy atom. The van der Waals surface area contributed by atoms with Crippen molar-refractivity contribution in [2.45, 2.75) is 11.8 Å². The van der Waals surface area contributed by atoms with Crippen molar-refractivity contribution in [3.8, 4) is 0 Å². The van der Waals surface area contributed by atoms with Crippen LogP contribution in [0.3, 0.4) is 0 Å². The number of pyridine rings is 1. The van der Waals surface area contributed by atoms with Crippen molar-refractivity contribution in [1.82, 2.24) is 4.98 Å². The van der Waals surface area contributed by atoms with Gasteiger partial charge < -0.3 is 5.73 Å². The van der Waals surface area contributed by atoms with E-state index in [0.29, 0.717) is 14.5 Å². The molecule has 13 heavy (non-hydrogen) atoms. The predicted octanol–water partition coefficient (Wildman–Crippen LogP) is 3.10. The quantitative estimate of drug-likeness (QED) is 0.648. The van der Waals surface area contributed by atoms with Crippen LogP contribution in [0.5, 0.6) is 0 Å². The summed E-state index contributed by atoms with van der Waals surface area (Å²) in [6, 6.07) is 0. The van der Waals surface area contributed by atoms with Gasteiger partial charge in [0.15, 0.2) is 0 Å². The minimum atomic E-state index is -2.51. The SMILES string of the molecule is Nc1ncc(I)c(C(F)F)c1CBr. The van der Waals surface area contributed by atoms with Crippen LogP contribution in [0.15, 0.2) is 6.20 Å². The molecule has 0 aliphatic rings. The molecule has 0 spiro atoms. The third-order valence-electron chi connectivity index (χ3n) is 1.56. The normalized spacial score (nSPS) is 10.8. The highest BCUT2D eigenvalue weighted by Crippen LogP contribution is 2.31. The lowest BCUT2D eigenvalue weighted by molar-refractivity contribution is 0.149. The van der Waals surface area contributed by atoms with Crippen LogP contribution in [0.2, 0.25) is 0 Å². The topological polar surface area (TPSA) is 38.9 Å². The second-order valence-corrected chi connectivity index (χ2v) is 4.04. The third-order valence-corrected chi connectivity index (χ3v) is 2.98. The molecule has 6 heteroatoms. The van der Waals surface area contributed by atoms with Gasteiger partial charge in [-0.15, -0.1) is 0 Å². The highest BCUT2D eigenvalue weighted by Gasteiger charge is 2.18. The number of hydrogen-bond donors (Lipinski definition) is 1. The van der Waals surface area contributed by atoms with Crippen LogP contribution < -0.4 is 5.73 Å². The van der Waals surface area contributed by atoms with Crippen LogP contribution in [0.4, 0.5) is 14.6 Å². The zero-order chi connectivity index (χ0) is 10.0. The van der Waals surface area contributed by atoms with Crippen LogP contribution in [0.1, 0.15) is 17.6 Å². The number of rotatable bonds is 2. The monoisotopic (exact) mass is 362 g/mol. The molecule has 2 N–H and O–H groups in total. The zero-order valence-corrected chi connectivity index (χ0v) is 10.1. The van der Waals surface area contributed by atoms with Crippen LogP contribution in [0.25, 0.3) is 0 Å². The van der Waals surface area contributed by atoms with E-state index in [2.05, 4.69) is 20.9 Å². The van der Waals surface area contributed by atoms with Crippen LogP contribution in [-0.2, 0) is 5.33 Å². The maximum atomic E-state index is 12.5. The Bertz CT molecular complexity index is 320. The van der Waals surface area contributed by atoms with Gasteiger partial charge in [0.25, 0.3) is 6.43 Å². The molecule has 0 bridgehead atoms. The second-order valence-electron chi connectivity index (χ2n) is 2.32. The summed E-state index contributed by atoms with van der Waals surface area (Å²) in [5, 5.41) is 0.294. The van der Waals surface area contributed by atoms with Crippen molar-refractivity contribution >= 4 is 44.3 Å². The Kier molecular flexibility index (Phi) is 3.84. The van der Waals surface area contributed by atoms with Crippen LogP contribution >= 0.6 is 38.5 Å². The molecule has 0 saturated heterocycles. The molecule has 0 amide bonds. The van der Waals surface area contributed by atoms with Crippen molar-refractivity contribution in [2.24, 2.45) is 0 Å². The first-order chi connectivity index (χ1) is 6.07. The lowest BCUT2D eigenvalue weighted by Gasteiger charge is -2.10. The molecule has 0 unspecified atom stereocenters. The predicted molar refractivity (Wildman–Crippen MR) is 59.0 cm³/mol. The van der Waals surface area contributed by atoms with E-state index in [1.54, 1.807) is 0 Å². The van der Waals surface area contributed by atoms with Crippen molar-refractivity contribution in [3.05, 3.63) is 20.9 Å². The van der Waals surface area contributed by atoms with Gasteiger partial charge >= 0.3 is 0 Å². The van der Waals surface area contributed by atoms with Gasteiger partial charge in [-0.05, 0) is 22.6 Å². The summed E-state index contributed by atoms with van der Waals surface area (Å²) < 4.78 is 25.5. The Balaban J connectivity index is 3.35. The largest absolute Gasteiger partial charge is 0.383 e. The third kappa shape index (κ3) is 2.28. The molecular formula is C7H6BrF2IN2. The smallest absolute Gasteiger partial charge is 0.265 e. The number of anilines is 1. The first-order valence-electron chi connectivity index (χ1n) is 3.34. The Labute approximate surface area is 96.2 Å². The fourth-order valence-corrected chi connectivity index (χ4v) is 2.22. The number of alkyl halides is 3. The average Bonchev–Trinajstić information content (AvgIpc) is 2.07. The highest BCUT2D eigenvalue weighted by molar-refractivity contribution is 14.1. The summed E-state index contributed by atoms with van der Waals surface area (Å²) in [6.45, 7) is 0. The van der Waals surface area contributed by atoms with Gasteiger partial charge in [0.05, 0.1) is 0 Å². The summed E-state index contributed by atoms with van der Waals surface area (Å²) in [6.07, 6.45) is -1.16. The summed E-state index contributed by atoms with van der Waals surface area (Å²) in [5.74, 6) is 0.160. The molecule has 72 valence electrons. The Morgan fingerprint density at radius 1 is 1.62 bits per heavy atom. The number of nitrogens with two attached hydrogens (primary N) is 1. The van der Waals surface area contributed by atoms with Gasteiger partial charge in [0.1, 0.15) is 5.82 Å². The average molecular weight is 363 g/mol. The van der Waals surface area contributed by atoms with Crippen molar-refractivity contribution in [2.75, 3.05) is 5.73 Å². The Morgan fingerprint density at radius 2 is 2.23 bits per heavy atom. The van der Waals surface area contributed by atoms with E-state index in [9.17, 15) is 8.78 Å². The van der Waals surface area contributed by atoms with Gasteiger partial charge in [0.2, 0.25) is 0 Å². The molecule has 0 saturated carbocycles. The molecule has 1 aromatic rings. The summed E-state index contributed by atoms with van der Waals surface area (Å²) in [5.41, 5.74) is 5.81. The molecule has 1 rings (SSSR count). The molecule has 0 aliphatic carbocycles. The van der Waals surface area contributed by atoms with Gasteiger partial charge in [-0.25, -0.2) is 13.8 Å². The minimum absolute atomic E-state index is 0.0232. The molecule has 0 atom stereocenters. The molecule has 0 aliphatic heterocycles. The fourth-order valence-electron chi connectivity index (χ4n) is 0.932. The molecular weight excluding hydrogens is 357 g/mol.